The average molecular weight is 274 g/mol. The molecule has 0 aliphatic rings. The Morgan fingerprint density at radius 2 is 1.94 bits per heavy atom. The summed E-state index contributed by atoms with van der Waals surface area (Å²) in [6.07, 6.45) is 0. The molecule has 102 valence electrons. The van der Waals surface area contributed by atoms with Gasteiger partial charge in [0.25, 0.3) is 0 Å². The van der Waals surface area contributed by atoms with Crippen LogP contribution in [0.15, 0.2) is 24.3 Å². The summed E-state index contributed by atoms with van der Waals surface area (Å²) < 4.78 is 15.7. The lowest BCUT2D eigenvalue weighted by molar-refractivity contribution is 0.196. The Kier molecular flexibility index (Phi) is 7.57. The smallest absolute Gasteiger partial charge is 0.161 e. The van der Waals surface area contributed by atoms with E-state index in [1.807, 2.05) is 24.3 Å². The number of benzene rings is 1. The highest BCUT2D eigenvalue weighted by molar-refractivity contribution is 6.20. The van der Waals surface area contributed by atoms with Gasteiger partial charge in [-0.2, -0.15) is 0 Å². The number of nitrogens with one attached hydrogen (secondary N) is 1. The van der Waals surface area contributed by atoms with Crippen molar-refractivity contribution >= 4 is 11.6 Å². The quantitative estimate of drug-likeness (QED) is 0.551. The Balaban J connectivity index is 2.17. The number of alkyl halides is 1. The summed E-state index contributed by atoms with van der Waals surface area (Å²) in [5, 5.41) is 3.19. The molecule has 5 heteroatoms. The molecule has 0 saturated carbocycles. The van der Waals surface area contributed by atoms with Gasteiger partial charge in [-0.05, 0) is 12.1 Å². The van der Waals surface area contributed by atoms with Crippen molar-refractivity contribution in [1.29, 1.82) is 0 Å². The third-order valence-electron chi connectivity index (χ3n) is 2.32. The number of hydrogen-bond acceptors (Lipinski definition) is 4. The SMILES string of the molecule is COCC(Cl)CNCCOc1ccccc1OC. The molecule has 0 spiro atoms. The zero-order chi connectivity index (χ0) is 13.2. The molecular formula is C13H20ClNO3. The van der Waals surface area contributed by atoms with Gasteiger partial charge < -0.3 is 19.5 Å². The number of hydrogen-bond donors (Lipinski definition) is 1. The Hall–Kier alpha value is -0.970. The Bertz CT molecular complexity index is 336. The highest BCUT2D eigenvalue weighted by Gasteiger charge is 2.04. The fourth-order valence-corrected chi connectivity index (χ4v) is 1.70. The predicted octanol–water partition coefficient (Wildman–Crippen LogP) is 1.92. The number of ether oxygens (including phenoxy) is 3. The van der Waals surface area contributed by atoms with Crippen LogP contribution in [0.2, 0.25) is 0 Å². The van der Waals surface area contributed by atoms with Crippen LogP contribution in [-0.2, 0) is 4.74 Å². The number of para-hydroxylation sites is 2. The second-order valence-electron chi connectivity index (χ2n) is 3.76. The predicted molar refractivity (Wildman–Crippen MR) is 72.9 cm³/mol. The van der Waals surface area contributed by atoms with Crippen LogP contribution in [-0.4, -0.2) is 45.9 Å². The maximum atomic E-state index is 5.98. The van der Waals surface area contributed by atoms with Crippen LogP contribution in [0.25, 0.3) is 0 Å². The minimum Gasteiger partial charge on any atom is -0.493 e. The summed E-state index contributed by atoms with van der Waals surface area (Å²) in [7, 11) is 3.27. The molecule has 0 amide bonds. The van der Waals surface area contributed by atoms with Crippen molar-refractivity contribution in [3.05, 3.63) is 24.3 Å². The van der Waals surface area contributed by atoms with Crippen molar-refractivity contribution in [2.24, 2.45) is 0 Å². The van der Waals surface area contributed by atoms with Crippen molar-refractivity contribution in [2.45, 2.75) is 5.38 Å². The first-order valence-electron chi connectivity index (χ1n) is 5.87. The van der Waals surface area contributed by atoms with Gasteiger partial charge >= 0.3 is 0 Å². The van der Waals surface area contributed by atoms with E-state index in [0.29, 0.717) is 19.8 Å². The van der Waals surface area contributed by atoms with Crippen LogP contribution in [0.3, 0.4) is 0 Å². The summed E-state index contributed by atoms with van der Waals surface area (Å²) in [6, 6.07) is 7.58. The van der Waals surface area contributed by atoms with E-state index in [4.69, 9.17) is 25.8 Å². The van der Waals surface area contributed by atoms with E-state index >= 15 is 0 Å². The molecule has 0 bridgehead atoms. The largest absolute Gasteiger partial charge is 0.493 e. The van der Waals surface area contributed by atoms with Gasteiger partial charge in [-0.3, -0.25) is 0 Å². The lowest BCUT2D eigenvalue weighted by atomic mass is 10.3. The molecule has 1 rings (SSSR count). The van der Waals surface area contributed by atoms with Crippen LogP contribution < -0.4 is 14.8 Å². The molecule has 0 heterocycles. The molecule has 4 nitrogen and oxygen atoms in total. The lowest BCUT2D eigenvalue weighted by Gasteiger charge is -2.12. The van der Waals surface area contributed by atoms with Gasteiger partial charge in [0, 0.05) is 20.2 Å². The minimum atomic E-state index is -0.0127. The van der Waals surface area contributed by atoms with Crippen LogP contribution in [0, 0.1) is 0 Å². The molecular weight excluding hydrogens is 254 g/mol. The topological polar surface area (TPSA) is 39.7 Å². The summed E-state index contributed by atoms with van der Waals surface area (Å²) in [6.45, 7) is 2.54. The van der Waals surface area contributed by atoms with Crippen molar-refractivity contribution in [3.63, 3.8) is 0 Å². The lowest BCUT2D eigenvalue weighted by Crippen LogP contribution is -2.29. The fourth-order valence-electron chi connectivity index (χ4n) is 1.47. The van der Waals surface area contributed by atoms with E-state index in [1.54, 1.807) is 14.2 Å². The van der Waals surface area contributed by atoms with E-state index in [-0.39, 0.29) is 5.38 Å². The van der Waals surface area contributed by atoms with Crippen LogP contribution >= 0.6 is 11.6 Å². The number of methoxy groups -OCH3 is 2. The number of rotatable bonds is 9. The normalized spacial score (nSPS) is 12.2. The molecule has 1 aromatic carbocycles. The van der Waals surface area contributed by atoms with Gasteiger partial charge in [0.1, 0.15) is 6.61 Å². The summed E-state index contributed by atoms with van der Waals surface area (Å²) in [5.74, 6) is 1.49. The van der Waals surface area contributed by atoms with Gasteiger partial charge in [-0.15, -0.1) is 11.6 Å². The first kappa shape index (κ1) is 15.1. The Labute approximate surface area is 113 Å². The van der Waals surface area contributed by atoms with E-state index in [2.05, 4.69) is 5.32 Å². The maximum Gasteiger partial charge on any atom is 0.161 e. The van der Waals surface area contributed by atoms with Crippen LogP contribution in [0.1, 0.15) is 0 Å². The maximum absolute atomic E-state index is 5.98. The standard InChI is InChI=1S/C13H20ClNO3/c1-16-10-11(14)9-15-7-8-18-13-6-4-3-5-12(13)17-2/h3-6,11,15H,7-10H2,1-2H3. The van der Waals surface area contributed by atoms with E-state index in [0.717, 1.165) is 18.0 Å². The Morgan fingerprint density at radius 3 is 2.61 bits per heavy atom. The van der Waals surface area contributed by atoms with Crippen molar-refractivity contribution in [1.82, 2.24) is 5.32 Å². The molecule has 0 radical (unpaired) electrons. The van der Waals surface area contributed by atoms with E-state index < -0.39 is 0 Å². The third-order valence-corrected chi connectivity index (χ3v) is 2.60. The Morgan fingerprint density at radius 1 is 1.22 bits per heavy atom. The zero-order valence-corrected chi connectivity index (χ0v) is 11.6. The summed E-state index contributed by atoms with van der Waals surface area (Å²) in [4.78, 5) is 0. The highest BCUT2D eigenvalue weighted by Crippen LogP contribution is 2.25. The molecule has 0 aromatic heterocycles. The molecule has 1 N–H and O–H groups in total. The molecule has 18 heavy (non-hydrogen) atoms. The minimum absolute atomic E-state index is 0.0127. The fraction of sp³-hybridized carbons (Fsp3) is 0.538. The molecule has 1 unspecified atom stereocenters. The molecule has 0 aliphatic heterocycles. The van der Waals surface area contributed by atoms with Crippen molar-refractivity contribution < 1.29 is 14.2 Å². The van der Waals surface area contributed by atoms with E-state index in [9.17, 15) is 0 Å². The molecule has 1 atom stereocenters. The van der Waals surface area contributed by atoms with Gasteiger partial charge in [0.05, 0.1) is 19.1 Å². The second-order valence-corrected chi connectivity index (χ2v) is 4.37. The van der Waals surface area contributed by atoms with Gasteiger partial charge in [0.15, 0.2) is 11.5 Å². The monoisotopic (exact) mass is 273 g/mol. The van der Waals surface area contributed by atoms with Crippen LogP contribution in [0.5, 0.6) is 11.5 Å². The summed E-state index contributed by atoms with van der Waals surface area (Å²) >= 11 is 5.98. The molecule has 1 aromatic rings. The van der Waals surface area contributed by atoms with Crippen LogP contribution in [0.4, 0.5) is 0 Å². The van der Waals surface area contributed by atoms with Gasteiger partial charge in [-0.1, -0.05) is 12.1 Å². The first-order chi connectivity index (χ1) is 8.77. The first-order valence-corrected chi connectivity index (χ1v) is 6.31. The zero-order valence-electron chi connectivity index (χ0n) is 10.8. The van der Waals surface area contributed by atoms with Crippen molar-refractivity contribution in [2.75, 3.05) is 40.5 Å². The average Bonchev–Trinajstić information content (AvgIpc) is 2.39. The second kappa shape index (κ2) is 9.03. The van der Waals surface area contributed by atoms with Crippen molar-refractivity contribution in [3.8, 4) is 11.5 Å². The van der Waals surface area contributed by atoms with E-state index in [1.165, 1.54) is 0 Å². The van der Waals surface area contributed by atoms with Gasteiger partial charge in [-0.25, -0.2) is 0 Å². The highest BCUT2D eigenvalue weighted by atomic mass is 35.5. The molecule has 0 fully saturated rings. The van der Waals surface area contributed by atoms with Gasteiger partial charge in [0.2, 0.25) is 0 Å². The molecule has 0 saturated heterocycles. The summed E-state index contributed by atoms with van der Waals surface area (Å²) in [5.41, 5.74) is 0. The molecule has 0 aliphatic carbocycles. The third kappa shape index (κ3) is 5.58. The number of halogens is 1.